The van der Waals surface area contributed by atoms with Crippen molar-refractivity contribution in [2.24, 2.45) is 0 Å². The van der Waals surface area contributed by atoms with Crippen LogP contribution in [-0.2, 0) is 0 Å². The van der Waals surface area contributed by atoms with E-state index in [-0.39, 0.29) is 0 Å². The van der Waals surface area contributed by atoms with Crippen LogP contribution < -0.4 is 0 Å². The third kappa shape index (κ3) is 3.90. The Balaban J connectivity index is 1.27. The van der Waals surface area contributed by atoms with E-state index in [1.807, 2.05) is 11.3 Å². The van der Waals surface area contributed by atoms with Gasteiger partial charge in [-0.05, 0) is 90.5 Å². The Bertz CT molecular complexity index is 2460. The fourth-order valence-corrected chi connectivity index (χ4v) is 8.01. The maximum absolute atomic E-state index is 2.39. The summed E-state index contributed by atoms with van der Waals surface area (Å²) in [4.78, 5) is 0. The standard InChI is InChI=1S/C42H26S/c1-2-11-27(12-3-1)31-25-38(42-40(26-31)37-19-8-9-20-41(37)43-42)30-14-10-13-28(23-30)29-21-22-36-34-17-5-4-15-32(34)33-16-6-7-18-35(33)39(36)24-29/h1-26H. The summed E-state index contributed by atoms with van der Waals surface area (Å²) >= 11 is 1.89. The molecule has 9 aromatic rings. The summed E-state index contributed by atoms with van der Waals surface area (Å²) in [7, 11) is 0. The molecule has 0 radical (unpaired) electrons. The van der Waals surface area contributed by atoms with Crippen LogP contribution in [0.3, 0.4) is 0 Å². The maximum atomic E-state index is 2.39. The van der Waals surface area contributed by atoms with Gasteiger partial charge in [-0.15, -0.1) is 11.3 Å². The van der Waals surface area contributed by atoms with Gasteiger partial charge in [0.15, 0.2) is 0 Å². The van der Waals surface area contributed by atoms with Gasteiger partial charge in [0, 0.05) is 25.7 Å². The smallest absolute Gasteiger partial charge is 0.0434 e. The summed E-state index contributed by atoms with van der Waals surface area (Å²) in [6, 6.07) is 58.0. The predicted molar refractivity (Wildman–Crippen MR) is 188 cm³/mol. The van der Waals surface area contributed by atoms with Gasteiger partial charge in [0.05, 0.1) is 0 Å². The van der Waals surface area contributed by atoms with E-state index in [1.54, 1.807) is 0 Å². The predicted octanol–water partition coefficient (Wildman–Crippen LogP) is 12.5. The van der Waals surface area contributed by atoms with Crippen LogP contribution >= 0.6 is 11.3 Å². The number of hydrogen-bond donors (Lipinski definition) is 0. The van der Waals surface area contributed by atoms with Crippen molar-refractivity contribution in [2.75, 3.05) is 0 Å². The SMILES string of the molecule is c1ccc(-c2cc(-c3cccc(-c4ccc5c6ccccc6c6ccccc6c5c4)c3)c3sc4ccccc4c3c2)cc1. The highest BCUT2D eigenvalue weighted by Gasteiger charge is 2.15. The molecule has 0 spiro atoms. The number of hydrogen-bond acceptors (Lipinski definition) is 1. The van der Waals surface area contributed by atoms with E-state index in [2.05, 4.69) is 158 Å². The second-order valence-corrected chi connectivity index (χ2v) is 12.3. The second-order valence-electron chi connectivity index (χ2n) is 11.3. The van der Waals surface area contributed by atoms with E-state index in [0.717, 1.165) is 0 Å². The van der Waals surface area contributed by atoms with Crippen LogP contribution in [0.5, 0.6) is 0 Å². The minimum atomic E-state index is 1.23. The van der Waals surface area contributed by atoms with E-state index < -0.39 is 0 Å². The van der Waals surface area contributed by atoms with Crippen LogP contribution in [-0.4, -0.2) is 0 Å². The summed E-state index contributed by atoms with van der Waals surface area (Å²) in [6.45, 7) is 0. The summed E-state index contributed by atoms with van der Waals surface area (Å²) in [6.07, 6.45) is 0. The van der Waals surface area contributed by atoms with Crippen molar-refractivity contribution in [1.29, 1.82) is 0 Å². The summed E-state index contributed by atoms with van der Waals surface area (Å²) in [5, 5.41) is 10.5. The highest BCUT2D eigenvalue weighted by molar-refractivity contribution is 7.26. The zero-order valence-corrected chi connectivity index (χ0v) is 24.2. The molecule has 43 heavy (non-hydrogen) atoms. The molecule has 0 saturated carbocycles. The molecule has 9 rings (SSSR count). The van der Waals surface area contributed by atoms with E-state index >= 15 is 0 Å². The van der Waals surface area contributed by atoms with E-state index in [0.29, 0.717) is 0 Å². The van der Waals surface area contributed by atoms with Crippen LogP contribution in [0.1, 0.15) is 0 Å². The third-order valence-corrected chi connectivity index (χ3v) is 10.1. The average molecular weight is 563 g/mol. The molecule has 0 aliphatic heterocycles. The molecule has 1 heterocycles. The Morgan fingerprint density at radius 3 is 1.56 bits per heavy atom. The topological polar surface area (TPSA) is 0 Å². The summed E-state index contributed by atoms with van der Waals surface area (Å²) in [5.41, 5.74) is 7.50. The first-order valence-electron chi connectivity index (χ1n) is 14.8. The zero-order chi connectivity index (χ0) is 28.3. The fraction of sp³-hybridized carbons (Fsp3) is 0. The highest BCUT2D eigenvalue weighted by Crippen LogP contribution is 2.44. The minimum absolute atomic E-state index is 1.23. The molecule has 0 amide bonds. The van der Waals surface area contributed by atoms with Gasteiger partial charge >= 0.3 is 0 Å². The molecule has 0 aliphatic carbocycles. The van der Waals surface area contributed by atoms with E-state index in [9.17, 15) is 0 Å². The fourth-order valence-electron chi connectivity index (χ4n) is 6.79. The number of rotatable bonds is 3. The molecule has 0 aliphatic rings. The number of benzene rings is 8. The van der Waals surface area contributed by atoms with Crippen LogP contribution in [0.4, 0.5) is 0 Å². The quantitative estimate of drug-likeness (QED) is 0.188. The Kier molecular flexibility index (Phi) is 5.47. The lowest BCUT2D eigenvalue weighted by Crippen LogP contribution is -1.86. The van der Waals surface area contributed by atoms with Gasteiger partial charge < -0.3 is 0 Å². The molecule has 0 N–H and O–H groups in total. The van der Waals surface area contributed by atoms with Gasteiger partial charge in [-0.2, -0.15) is 0 Å². The molecule has 0 bridgehead atoms. The van der Waals surface area contributed by atoms with Crippen molar-refractivity contribution < 1.29 is 0 Å². The largest absolute Gasteiger partial charge is 0.135 e. The van der Waals surface area contributed by atoms with E-state index in [4.69, 9.17) is 0 Å². The monoisotopic (exact) mass is 562 g/mol. The molecule has 0 saturated heterocycles. The number of fused-ring (bicyclic) bond motifs is 9. The normalized spacial score (nSPS) is 11.7. The summed E-state index contributed by atoms with van der Waals surface area (Å²) < 4.78 is 2.67. The lowest BCUT2D eigenvalue weighted by Gasteiger charge is -2.13. The highest BCUT2D eigenvalue weighted by atomic mass is 32.1. The Hall–Kier alpha value is -5.24. The lowest BCUT2D eigenvalue weighted by molar-refractivity contribution is 1.62. The van der Waals surface area contributed by atoms with Gasteiger partial charge in [0.25, 0.3) is 0 Å². The molecule has 0 atom stereocenters. The molecular weight excluding hydrogens is 537 g/mol. The summed E-state index contributed by atoms with van der Waals surface area (Å²) in [5.74, 6) is 0. The molecule has 1 heteroatoms. The van der Waals surface area contributed by atoms with Crippen molar-refractivity contribution in [1.82, 2.24) is 0 Å². The van der Waals surface area contributed by atoms with Crippen molar-refractivity contribution in [3.63, 3.8) is 0 Å². The van der Waals surface area contributed by atoms with Gasteiger partial charge in [-0.1, -0.05) is 127 Å². The minimum Gasteiger partial charge on any atom is -0.135 e. The van der Waals surface area contributed by atoms with Crippen molar-refractivity contribution in [3.05, 3.63) is 158 Å². The van der Waals surface area contributed by atoms with Gasteiger partial charge in [0.2, 0.25) is 0 Å². The zero-order valence-electron chi connectivity index (χ0n) is 23.4. The Morgan fingerprint density at radius 1 is 0.279 bits per heavy atom. The molecular formula is C42H26S. The third-order valence-electron chi connectivity index (χ3n) is 8.84. The second kappa shape index (κ2) is 9.66. The van der Waals surface area contributed by atoms with Gasteiger partial charge in [0.1, 0.15) is 0 Å². The number of thiophene rings is 1. The molecule has 0 nitrogen and oxygen atoms in total. The van der Waals surface area contributed by atoms with Crippen LogP contribution in [0.15, 0.2) is 158 Å². The Labute approximate surface area is 254 Å². The van der Waals surface area contributed by atoms with Crippen LogP contribution in [0, 0.1) is 0 Å². The van der Waals surface area contributed by atoms with Crippen LogP contribution in [0.25, 0.3) is 85.9 Å². The molecule has 0 fully saturated rings. The van der Waals surface area contributed by atoms with Gasteiger partial charge in [-0.3, -0.25) is 0 Å². The first-order chi connectivity index (χ1) is 21.3. The Morgan fingerprint density at radius 2 is 0.814 bits per heavy atom. The van der Waals surface area contributed by atoms with Crippen LogP contribution in [0.2, 0.25) is 0 Å². The molecule has 8 aromatic carbocycles. The lowest BCUT2D eigenvalue weighted by atomic mass is 9.91. The maximum Gasteiger partial charge on any atom is 0.0434 e. The molecule has 1 aromatic heterocycles. The average Bonchev–Trinajstić information content (AvgIpc) is 3.47. The molecule has 200 valence electrons. The van der Waals surface area contributed by atoms with Crippen molar-refractivity contribution >= 4 is 63.8 Å². The van der Waals surface area contributed by atoms with Crippen molar-refractivity contribution in [2.45, 2.75) is 0 Å². The van der Waals surface area contributed by atoms with E-state index in [1.165, 1.54) is 85.9 Å². The first kappa shape index (κ1) is 24.4. The molecule has 0 unspecified atom stereocenters. The van der Waals surface area contributed by atoms with Gasteiger partial charge in [-0.25, -0.2) is 0 Å². The van der Waals surface area contributed by atoms with Crippen molar-refractivity contribution in [3.8, 4) is 33.4 Å². The first-order valence-corrected chi connectivity index (χ1v) is 15.6.